The zero-order valence-corrected chi connectivity index (χ0v) is 19.7. The van der Waals surface area contributed by atoms with Crippen molar-refractivity contribution < 1.29 is 4.79 Å². The number of terminal acetylenes is 1. The second-order valence-electron chi connectivity index (χ2n) is 9.41. The first-order valence-electron chi connectivity index (χ1n) is 11.5. The van der Waals surface area contributed by atoms with Crippen LogP contribution < -0.4 is 5.32 Å². The highest BCUT2D eigenvalue weighted by molar-refractivity contribution is 5.93. The highest BCUT2D eigenvalue weighted by Gasteiger charge is 2.33. The number of hydrogen-bond donors (Lipinski definition) is 1. The summed E-state index contributed by atoms with van der Waals surface area (Å²) in [4.78, 5) is 16.5. The van der Waals surface area contributed by atoms with Crippen LogP contribution >= 0.6 is 0 Å². The Bertz CT molecular complexity index is 1490. The van der Waals surface area contributed by atoms with Crippen molar-refractivity contribution in [3.63, 3.8) is 0 Å². The minimum atomic E-state index is -0.357. The van der Waals surface area contributed by atoms with Gasteiger partial charge >= 0.3 is 0 Å². The maximum absolute atomic E-state index is 11.7. The van der Waals surface area contributed by atoms with Crippen LogP contribution in [0.15, 0.2) is 49.2 Å². The fraction of sp³-hybridized carbons (Fsp3) is 0.296. The summed E-state index contributed by atoms with van der Waals surface area (Å²) in [5, 5.41) is 21.3. The maximum atomic E-state index is 11.7. The summed E-state index contributed by atoms with van der Waals surface area (Å²) >= 11 is 0. The van der Waals surface area contributed by atoms with Crippen molar-refractivity contribution in [2.24, 2.45) is 7.05 Å². The molecule has 0 spiro atoms. The van der Waals surface area contributed by atoms with Crippen molar-refractivity contribution in [2.75, 3.05) is 0 Å². The minimum Gasteiger partial charge on any atom is -0.340 e. The lowest BCUT2D eigenvalue weighted by atomic mass is 9.76. The second kappa shape index (κ2) is 8.73. The zero-order valence-electron chi connectivity index (χ0n) is 19.7. The van der Waals surface area contributed by atoms with Crippen LogP contribution in [0.2, 0.25) is 0 Å². The monoisotopic (exact) mass is 463 g/mol. The number of nitrogens with one attached hydrogen (secondary N) is 1. The van der Waals surface area contributed by atoms with E-state index in [0.717, 1.165) is 59.1 Å². The number of rotatable bonds is 4. The van der Waals surface area contributed by atoms with E-state index in [2.05, 4.69) is 45.7 Å². The van der Waals surface area contributed by atoms with Gasteiger partial charge in [0.2, 0.25) is 0 Å². The van der Waals surface area contributed by atoms with Gasteiger partial charge < -0.3 is 5.32 Å². The van der Waals surface area contributed by atoms with Gasteiger partial charge in [0.1, 0.15) is 6.07 Å². The Hall–Kier alpha value is -4.43. The van der Waals surface area contributed by atoms with Gasteiger partial charge in [-0.3, -0.25) is 14.5 Å². The van der Waals surface area contributed by atoms with E-state index in [9.17, 15) is 10.1 Å². The highest BCUT2D eigenvalue weighted by Crippen LogP contribution is 2.38. The van der Waals surface area contributed by atoms with Gasteiger partial charge in [0.25, 0.3) is 5.91 Å². The van der Waals surface area contributed by atoms with Gasteiger partial charge in [-0.1, -0.05) is 6.07 Å². The van der Waals surface area contributed by atoms with Crippen LogP contribution in [0.3, 0.4) is 0 Å². The summed E-state index contributed by atoms with van der Waals surface area (Å²) in [5.41, 5.74) is 5.78. The third kappa shape index (κ3) is 4.27. The third-order valence-corrected chi connectivity index (χ3v) is 6.92. The summed E-state index contributed by atoms with van der Waals surface area (Å²) in [6.45, 7) is 2.05. The third-order valence-electron chi connectivity index (χ3n) is 6.92. The summed E-state index contributed by atoms with van der Waals surface area (Å²) in [6.07, 6.45) is 17.9. The summed E-state index contributed by atoms with van der Waals surface area (Å²) in [7, 11) is 1.88. The molecule has 1 saturated carbocycles. The van der Waals surface area contributed by atoms with E-state index in [1.165, 1.54) is 0 Å². The molecule has 1 amide bonds. The average molecular weight is 464 g/mol. The van der Waals surface area contributed by atoms with Crippen molar-refractivity contribution >= 4 is 11.4 Å². The molecule has 174 valence electrons. The molecule has 8 heteroatoms. The summed E-state index contributed by atoms with van der Waals surface area (Å²) in [6, 6.07) is 8.44. The lowest BCUT2D eigenvalue weighted by Crippen LogP contribution is -2.47. The molecule has 4 heterocycles. The smallest absolute Gasteiger partial charge is 0.296 e. The number of pyridine rings is 2. The van der Waals surface area contributed by atoms with E-state index >= 15 is 0 Å². The van der Waals surface area contributed by atoms with Gasteiger partial charge in [-0.05, 0) is 50.7 Å². The standard InChI is InChI=1S/C27H25N7O/c1-4-25(35)32-27(2)9-7-18(8-10-27)24-6-5-19(13-29-24)23-11-20(22-15-30-33(3)16-22)17-34-26(23)21(12-28)14-31-34/h1,5-6,11,13-18H,7-10H2,2-3H3,(H,32,35). The number of aromatic nitrogens is 5. The van der Waals surface area contributed by atoms with Crippen LogP contribution in [-0.4, -0.2) is 35.8 Å². The van der Waals surface area contributed by atoms with Gasteiger partial charge in [0.15, 0.2) is 0 Å². The predicted molar refractivity (Wildman–Crippen MR) is 132 cm³/mol. The molecule has 0 bridgehead atoms. The molecule has 0 saturated heterocycles. The van der Waals surface area contributed by atoms with Crippen LogP contribution in [0.4, 0.5) is 0 Å². The Labute approximate surface area is 203 Å². The Kier molecular flexibility index (Phi) is 5.58. The second-order valence-corrected chi connectivity index (χ2v) is 9.41. The predicted octanol–water partition coefficient (Wildman–Crippen LogP) is 3.83. The van der Waals surface area contributed by atoms with Crippen molar-refractivity contribution in [1.82, 2.24) is 29.7 Å². The first kappa shape index (κ1) is 22.4. The fourth-order valence-electron chi connectivity index (χ4n) is 4.94. The number of aryl methyl sites for hydroxylation is 1. The summed E-state index contributed by atoms with van der Waals surface area (Å²) < 4.78 is 3.50. The largest absolute Gasteiger partial charge is 0.340 e. The molecule has 0 unspecified atom stereocenters. The molecule has 1 fully saturated rings. The van der Waals surface area contributed by atoms with Gasteiger partial charge in [-0.2, -0.15) is 15.5 Å². The summed E-state index contributed by atoms with van der Waals surface area (Å²) in [5.74, 6) is 2.11. The molecule has 0 atom stereocenters. The van der Waals surface area contributed by atoms with Gasteiger partial charge in [0.05, 0.1) is 23.5 Å². The van der Waals surface area contributed by atoms with Crippen molar-refractivity contribution in [1.29, 1.82) is 5.26 Å². The lowest BCUT2D eigenvalue weighted by molar-refractivity contribution is -0.117. The van der Waals surface area contributed by atoms with Crippen molar-refractivity contribution in [3.8, 4) is 40.7 Å². The molecular formula is C27H25N7O. The van der Waals surface area contributed by atoms with E-state index in [0.29, 0.717) is 11.5 Å². The quantitative estimate of drug-likeness (QED) is 0.464. The molecule has 35 heavy (non-hydrogen) atoms. The van der Waals surface area contributed by atoms with Gasteiger partial charge in [-0.15, -0.1) is 6.42 Å². The molecule has 1 aliphatic carbocycles. The Morgan fingerprint density at radius 2 is 1.94 bits per heavy atom. The topological polar surface area (TPSA) is 101 Å². The first-order valence-corrected chi connectivity index (χ1v) is 11.5. The van der Waals surface area contributed by atoms with E-state index in [1.54, 1.807) is 15.4 Å². The van der Waals surface area contributed by atoms with Crippen LogP contribution in [-0.2, 0) is 11.8 Å². The number of hydrogen-bond acceptors (Lipinski definition) is 5. The molecule has 8 nitrogen and oxygen atoms in total. The van der Waals surface area contributed by atoms with E-state index < -0.39 is 0 Å². The lowest BCUT2D eigenvalue weighted by Gasteiger charge is -2.37. The normalized spacial score (nSPS) is 19.7. The van der Waals surface area contributed by atoms with Crippen molar-refractivity contribution in [3.05, 3.63) is 60.4 Å². The van der Waals surface area contributed by atoms with Crippen LogP contribution in [0.25, 0.3) is 27.8 Å². The molecule has 0 radical (unpaired) electrons. The first-order chi connectivity index (χ1) is 16.9. The molecule has 4 aromatic heterocycles. The highest BCUT2D eigenvalue weighted by atomic mass is 16.1. The molecule has 5 rings (SSSR count). The number of fused-ring (bicyclic) bond motifs is 1. The maximum Gasteiger partial charge on any atom is 0.296 e. The van der Waals surface area contributed by atoms with E-state index in [1.807, 2.05) is 38.8 Å². The molecule has 0 aromatic carbocycles. The molecular weight excluding hydrogens is 438 g/mol. The van der Waals surface area contributed by atoms with Crippen LogP contribution in [0, 0.1) is 23.7 Å². The zero-order chi connectivity index (χ0) is 24.6. The Morgan fingerprint density at radius 3 is 2.57 bits per heavy atom. The number of nitrogens with zero attached hydrogens (tertiary/aromatic N) is 6. The van der Waals surface area contributed by atoms with Crippen LogP contribution in [0.1, 0.15) is 49.8 Å². The minimum absolute atomic E-state index is 0.270. The molecule has 0 aliphatic heterocycles. The molecule has 1 N–H and O–H groups in total. The SMILES string of the molecule is C#CC(=O)NC1(C)CCC(c2ccc(-c3cc(-c4cnn(C)c4)cn4ncc(C#N)c34)cn2)CC1. The number of carbonyl (C=O) groups excluding carboxylic acids is 1. The van der Waals surface area contributed by atoms with E-state index in [-0.39, 0.29) is 11.4 Å². The van der Waals surface area contributed by atoms with E-state index in [4.69, 9.17) is 11.4 Å². The van der Waals surface area contributed by atoms with Gasteiger partial charge in [0, 0.05) is 65.0 Å². The Balaban J connectivity index is 1.44. The Morgan fingerprint density at radius 1 is 1.14 bits per heavy atom. The number of nitriles is 1. The molecule has 1 aliphatic rings. The average Bonchev–Trinajstić information content (AvgIpc) is 3.50. The number of carbonyl (C=O) groups is 1. The molecule has 4 aromatic rings. The fourth-order valence-corrected chi connectivity index (χ4v) is 4.94. The van der Waals surface area contributed by atoms with Crippen molar-refractivity contribution in [2.45, 2.75) is 44.1 Å². The van der Waals surface area contributed by atoms with Crippen LogP contribution in [0.5, 0.6) is 0 Å². The number of amides is 1. The van der Waals surface area contributed by atoms with Gasteiger partial charge in [-0.25, -0.2) is 4.52 Å².